The number of benzene rings is 2. The Labute approximate surface area is 103 Å². The molecule has 0 heterocycles. The fourth-order valence-electron chi connectivity index (χ4n) is 1.71. The zero-order chi connectivity index (χ0) is 11.9. The van der Waals surface area contributed by atoms with Crippen LogP contribution in [0.2, 0.25) is 0 Å². The van der Waals surface area contributed by atoms with E-state index in [2.05, 4.69) is 54.7 Å². The molecule has 0 bridgehead atoms. The molecule has 0 saturated carbocycles. The lowest BCUT2D eigenvalue weighted by Gasteiger charge is -2.02. The molecule has 2 rings (SSSR count). The topological polar surface area (TPSA) is 12.0 Å². The van der Waals surface area contributed by atoms with Crippen molar-refractivity contribution in [2.45, 2.75) is 13.3 Å². The van der Waals surface area contributed by atoms with E-state index in [4.69, 9.17) is 0 Å². The highest BCUT2D eigenvalue weighted by atomic mass is 14.8. The summed E-state index contributed by atoms with van der Waals surface area (Å²) in [5, 5.41) is 3.25. The molecule has 0 saturated heterocycles. The zero-order valence-electron chi connectivity index (χ0n) is 10.1. The number of para-hydroxylation sites is 1. The number of allylic oxidation sites excluding steroid dienone is 1. The van der Waals surface area contributed by atoms with Gasteiger partial charge in [-0.2, -0.15) is 0 Å². The van der Waals surface area contributed by atoms with Crippen LogP contribution < -0.4 is 5.32 Å². The maximum Gasteiger partial charge on any atom is 0.0379 e. The summed E-state index contributed by atoms with van der Waals surface area (Å²) >= 11 is 0. The molecule has 86 valence electrons. The van der Waals surface area contributed by atoms with Crippen molar-refractivity contribution in [2.75, 3.05) is 5.32 Å². The molecule has 0 radical (unpaired) electrons. The molecule has 0 atom stereocenters. The minimum absolute atomic E-state index is 0.965. The number of aryl methyl sites for hydroxylation is 1. The number of rotatable bonds is 4. The molecular formula is C16H17N. The Morgan fingerprint density at radius 3 is 2.41 bits per heavy atom. The Morgan fingerprint density at radius 2 is 1.65 bits per heavy atom. The first-order valence-electron chi connectivity index (χ1n) is 5.87. The summed E-state index contributed by atoms with van der Waals surface area (Å²) in [5.74, 6) is 0. The Morgan fingerprint density at radius 1 is 0.941 bits per heavy atom. The van der Waals surface area contributed by atoms with Crippen molar-refractivity contribution in [3.05, 3.63) is 78.0 Å². The predicted octanol–water partition coefficient (Wildman–Crippen LogP) is 4.16. The van der Waals surface area contributed by atoms with Crippen molar-refractivity contribution in [1.82, 2.24) is 0 Å². The Hall–Kier alpha value is -2.02. The van der Waals surface area contributed by atoms with Gasteiger partial charge >= 0.3 is 0 Å². The summed E-state index contributed by atoms with van der Waals surface area (Å²) in [6.45, 7) is 2.15. The standard InChI is InChI=1S/C16H17N/c1-14-8-5-6-9-15(14)10-7-13-17-16-11-3-2-4-12-16/h2-9,11-13,17H,10H2,1H3. The third-order valence-corrected chi connectivity index (χ3v) is 2.74. The van der Waals surface area contributed by atoms with E-state index in [1.165, 1.54) is 11.1 Å². The van der Waals surface area contributed by atoms with Crippen LogP contribution in [0.4, 0.5) is 5.69 Å². The molecule has 1 N–H and O–H groups in total. The minimum atomic E-state index is 0.965. The van der Waals surface area contributed by atoms with Crippen molar-refractivity contribution in [3.8, 4) is 0 Å². The second-order valence-corrected chi connectivity index (χ2v) is 4.04. The fourth-order valence-corrected chi connectivity index (χ4v) is 1.71. The smallest absolute Gasteiger partial charge is 0.0379 e. The predicted molar refractivity (Wildman–Crippen MR) is 74.1 cm³/mol. The monoisotopic (exact) mass is 223 g/mol. The Kier molecular flexibility index (Phi) is 3.98. The molecule has 1 heteroatoms. The number of nitrogens with one attached hydrogen (secondary N) is 1. The van der Waals surface area contributed by atoms with Crippen molar-refractivity contribution in [2.24, 2.45) is 0 Å². The molecule has 0 fully saturated rings. The largest absolute Gasteiger partial charge is 0.362 e. The van der Waals surface area contributed by atoms with Gasteiger partial charge in [0.25, 0.3) is 0 Å². The van der Waals surface area contributed by atoms with E-state index in [9.17, 15) is 0 Å². The van der Waals surface area contributed by atoms with Gasteiger partial charge in [-0.05, 0) is 42.8 Å². The molecule has 0 aromatic heterocycles. The molecule has 0 amide bonds. The third kappa shape index (κ3) is 3.49. The van der Waals surface area contributed by atoms with Gasteiger partial charge < -0.3 is 5.32 Å². The van der Waals surface area contributed by atoms with Gasteiger partial charge in [-0.15, -0.1) is 0 Å². The van der Waals surface area contributed by atoms with Crippen molar-refractivity contribution < 1.29 is 0 Å². The van der Waals surface area contributed by atoms with Crippen LogP contribution in [-0.4, -0.2) is 0 Å². The minimum Gasteiger partial charge on any atom is -0.362 e. The van der Waals surface area contributed by atoms with Crippen molar-refractivity contribution in [3.63, 3.8) is 0 Å². The lowest BCUT2D eigenvalue weighted by atomic mass is 10.1. The first kappa shape index (κ1) is 11.5. The van der Waals surface area contributed by atoms with Gasteiger partial charge in [-0.1, -0.05) is 48.5 Å². The molecule has 0 aliphatic carbocycles. The van der Waals surface area contributed by atoms with Crippen LogP contribution >= 0.6 is 0 Å². The molecule has 0 unspecified atom stereocenters. The Bertz CT molecular complexity index is 486. The van der Waals surface area contributed by atoms with Crippen molar-refractivity contribution >= 4 is 5.69 Å². The summed E-state index contributed by atoms with van der Waals surface area (Å²) in [7, 11) is 0. The Balaban J connectivity index is 1.89. The van der Waals surface area contributed by atoms with Crippen LogP contribution in [0.1, 0.15) is 11.1 Å². The lowest BCUT2D eigenvalue weighted by molar-refractivity contribution is 1.21. The van der Waals surface area contributed by atoms with Crippen LogP contribution in [0.15, 0.2) is 66.9 Å². The van der Waals surface area contributed by atoms with E-state index in [1.807, 2.05) is 24.4 Å². The highest BCUT2D eigenvalue weighted by Gasteiger charge is 1.92. The van der Waals surface area contributed by atoms with Gasteiger partial charge in [0.2, 0.25) is 0 Å². The van der Waals surface area contributed by atoms with Gasteiger partial charge in [-0.25, -0.2) is 0 Å². The van der Waals surface area contributed by atoms with Crippen LogP contribution in [0, 0.1) is 6.92 Å². The first-order valence-corrected chi connectivity index (χ1v) is 5.87. The maximum atomic E-state index is 3.25. The average Bonchev–Trinajstić information content (AvgIpc) is 2.38. The van der Waals surface area contributed by atoms with Gasteiger partial charge in [0, 0.05) is 5.69 Å². The third-order valence-electron chi connectivity index (χ3n) is 2.74. The molecule has 1 nitrogen and oxygen atoms in total. The summed E-state index contributed by atoms with van der Waals surface area (Å²) in [4.78, 5) is 0. The lowest BCUT2D eigenvalue weighted by Crippen LogP contribution is -1.89. The number of hydrogen-bond donors (Lipinski definition) is 1. The van der Waals surface area contributed by atoms with E-state index < -0.39 is 0 Å². The van der Waals surface area contributed by atoms with Crippen LogP contribution in [-0.2, 0) is 6.42 Å². The van der Waals surface area contributed by atoms with Crippen LogP contribution in [0.5, 0.6) is 0 Å². The molecule has 0 spiro atoms. The highest BCUT2D eigenvalue weighted by molar-refractivity contribution is 5.45. The molecule has 2 aromatic carbocycles. The summed E-state index contributed by atoms with van der Waals surface area (Å²) in [6.07, 6.45) is 5.11. The average molecular weight is 223 g/mol. The van der Waals surface area contributed by atoms with Gasteiger partial charge in [0.15, 0.2) is 0 Å². The van der Waals surface area contributed by atoms with Gasteiger partial charge in [0.1, 0.15) is 0 Å². The molecule has 0 aliphatic rings. The second-order valence-electron chi connectivity index (χ2n) is 4.04. The van der Waals surface area contributed by atoms with Gasteiger partial charge in [-0.3, -0.25) is 0 Å². The number of hydrogen-bond acceptors (Lipinski definition) is 1. The number of anilines is 1. The quantitative estimate of drug-likeness (QED) is 0.820. The maximum absolute atomic E-state index is 3.25. The van der Waals surface area contributed by atoms with E-state index in [0.717, 1.165) is 12.1 Å². The van der Waals surface area contributed by atoms with E-state index in [-0.39, 0.29) is 0 Å². The normalized spacial score (nSPS) is 10.6. The summed E-state index contributed by atoms with van der Waals surface area (Å²) in [6, 6.07) is 18.6. The first-order chi connectivity index (χ1) is 8.36. The van der Waals surface area contributed by atoms with Crippen LogP contribution in [0.3, 0.4) is 0 Å². The second kappa shape index (κ2) is 5.90. The molecular weight excluding hydrogens is 206 g/mol. The zero-order valence-corrected chi connectivity index (χ0v) is 10.1. The van der Waals surface area contributed by atoms with Crippen LogP contribution in [0.25, 0.3) is 0 Å². The van der Waals surface area contributed by atoms with E-state index in [1.54, 1.807) is 0 Å². The summed E-state index contributed by atoms with van der Waals surface area (Å²) < 4.78 is 0. The highest BCUT2D eigenvalue weighted by Crippen LogP contribution is 2.09. The van der Waals surface area contributed by atoms with E-state index in [0.29, 0.717) is 0 Å². The summed E-state index contributed by atoms with van der Waals surface area (Å²) in [5.41, 5.74) is 3.84. The van der Waals surface area contributed by atoms with Crippen molar-refractivity contribution in [1.29, 1.82) is 0 Å². The van der Waals surface area contributed by atoms with E-state index >= 15 is 0 Å². The molecule has 17 heavy (non-hydrogen) atoms. The SMILES string of the molecule is Cc1ccccc1CC=CNc1ccccc1. The van der Waals surface area contributed by atoms with Gasteiger partial charge in [0.05, 0.1) is 0 Å². The molecule has 0 aliphatic heterocycles. The molecule has 2 aromatic rings. The fraction of sp³-hybridized carbons (Fsp3) is 0.125.